The SMILES string of the molecule is CS(=O)(=O)c1ccc(N(c2ccc(C(F)(F)F)cc2C(=O)O)S(=O)(=O)O)cc1. The van der Waals surface area contributed by atoms with Gasteiger partial charge in [0.25, 0.3) is 0 Å². The topological polar surface area (TPSA) is 129 Å². The van der Waals surface area contributed by atoms with Gasteiger partial charge in [0.15, 0.2) is 9.84 Å². The molecule has 0 atom stereocenters. The number of aromatic carboxylic acids is 1. The van der Waals surface area contributed by atoms with Crippen molar-refractivity contribution >= 4 is 37.5 Å². The lowest BCUT2D eigenvalue weighted by atomic mass is 10.1. The molecule has 0 saturated carbocycles. The molecule has 152 valence electrons. The molecule has 0 unspecified atom stereocenters. The molecule has 8 nitrogen and oxygen atoms in total. The number of carbonyl (C=O) groups is 1. The van der Waals surface area contributed by atoms with Crippen molar-refractivity contribution in [3.8, 4) is 0 Å². The fraction of sp³-hybridized carbons (Fsp3) is 0.133. The normalized spacial score (nSPS) is 12.6. The number of carboxylic acids is 1. The molecule has 0 aromatic heterocycles. The molecule has 13 heteroatoms. The Morgan fingerprint density at radius 3 is 1.93 bits per heavy atom. The molecule has 0 spiro atoms. The maximum Gasteiger partial charge on any atom is 0.416 e. The summed E-state index contributed by atoms with van der Waals surface area (Å²) >= 11 is 0. The summed E-state index contributed by atoms with van der Waals surface area (Å²) in [6.45, 7) is 0. The maximum atomic E-state index is 12.8. The molecule has 28 heavy (non-hydrogen) atoms. The summed E-state index contributed by atoms with van der Waals surface area (Å²) in [6, 6.07) is 5.14. The van der Waals surface area contributed by atoms with E-state index in [1.807, 2.05) is 0 Å². The molecule has 0 fully saturated rings. The zero-order valence-electron chi connectivity index (χ0n) is 13.9. The monoisotopic (exact) mass is 439 g/mol. The van der Waals surface area contributed by atoms with E-state index in [0.717, 1.165) is 30.5 Å². The maximum absolute atomic E-state index is 12.8. The van der Waals surface area contributed by atoms with E-state index in [-0.39, 0.29) is 15.3 Å². The van der Waals surface area contributed by atoms with E-state index in [0.29, 0.717) is 12.1 Å². The zero-order chi connectivity index (χ0) is 21.5. The van der Waals surface area contributed by atoms with Gasteiger partial charge in [-0.3, -0.25) is 4.55 Å². The molecular formula is C15H12F3NO7S2. The third kappa shape index (κ3) is 4.61. The van der Waals surface area contributed by atoms with Gasteiger partial charge in [-0.2, -0.15) is 21.6 Å². The van der Waals surface area contributed by atoms with Crippen LogP contribution in [0.2, 0.25) is 0 Å². The summed E-state index contributed by atoms with van der Waals surface area (Å²) < 4.78 is 94.8. The van der Waals surface area contributed by atoms with E-state index in [1.165, 1.54) is 0 Å². The number of alkyl halides is 3. The van der Waals surface area contributed by atoms with E-state index >= 15 is 0 Å². The third-order valence-electron chi connectivity index (χ3n) is 3.50. The van der Waals surface area contributed by atoms with Crippen molar-refractivity contribution < 1.29 is 44.5 Å². The molecule has 0 aliphatic carbocycles. The lowest BCUT2D eigenvalue weighted by Crippen LogP contribution is -2.27. The lowest BCUT2D eigenvalue weighted by Gasteiger charge is -2.23. The molecule has 0 bridgehead atoms. The Hall–Kier alpha value is -2.64. The number of hydrogen-bond donors (Lipinski definition) is 2. The Balaban J connectivity index is 2.73. The molecule has 0 amide bonds. The van der Waals surface area contributed by atoms with Crippen LogP contribution in [0.5, 0.6) is 0 Å². The fourth-order valence-corrected chi connectivity index (χ4v) is 3.71. The van der Waals surface area contributed by atoms with Gasteiger partial charge >= 0.3 is 22.4 Å². The Kier molecular flexibility index (Phi) is 5.47. The standard InChI is InChI=1S/C15H12F3NO7S2/c1-27(22,23)11-5-3-10(4-6-11)19(28(24,25)26)13-7-2-9(15(16,17)18)8-12(13)14(20)21/h2-8H,1H3,(H,20,21)(H,24,25,26). The van der Waals surface area contributed by atoms with Crippen LogP contribution in [0.4, 0.5) is 24.5 Å². The van der Waals surface area contributed by atoms with E-state index < -0.39 is 54.8 Å². The Labute approximate surface area is 157 Å². The van der Waals surface area contributed by atoms with Gasteiger partial charge in [-0.15, -0.1) is 0 Å². The van der Waals surface area contributed by atoms with Crippen LogP contribution in [0.15, 0.2) is 47.4 Å². The number of hydrogen-bond acceptors (Lipinski definition) is 5. The molecule has 2 aromatic rings. The highest BCUT2D eigenvalue weighted by Gasteiger charge is 2.34. The number of sulfone groups is 1. The van der Waals surface area contributed by atoms with Crippen molar-refractivity contribution in [3.05, 3.63) is 53.6 Å². The van der Waals surface area contributed by atoms with E-state index in [2.05, 4.69) is 0 Å². The van der Waals surface area contributed by atoms with Crippen LogP contribution in [-0.4, -0.2) is 38.7 Å². The Bertz CT molecular complexity index is 1130. The van der Waals surface area contributed by atoms with Crippen LogP contribution in [0.3, 0.4) is 0 Å². The average molecular weight is 439 g/mol. The van der Waals surface area contributed by atoms with Crippen LogP contribution in [-0.2, 0) is 26.3 Å². The van der Waals surface area contributed by atoms with Crippen molar-refractivity contribution in [2.24, 2.45) is 0 Å². The summed E-state index contributed by atoms with van der Waals surface area (Å²) in [5.41, 5.74) is -3.54. The van der Waals surface area contributed by atoms with E-state index in [9.17, 15) is 44.5 Å². The van der Waals surface area contributed by atoms with Gasteiger partial charge in [-0.25, -0.2) is 17.5 Å². The largest absolute Gasteiger partial charge is 0.478 e. The number of carboxylic acid groups (broad SMARTS) is 1. The van der Waals surface area contributed by atoms with Crippen LogP contribution >= 0.6 is 0 Å². The highest BCUT2D eigenvalue weighted by Crippen LogP contribution is 2.36. The fourth-order valence-electron chi connectivity index (χ4n) is 2.29. The first-order valence-electron chi connectivity index (χ1n) is 7.15. The minimum atomic E-state index is -5.18. The third-order valence-corrected chi connectivity index (χ3v) is 5.50. The molecule has 0 saturated heterocycles. The minimum absolute atomic E-state index is 0.0860. The van der Waals surface area contributed by atoms with Gasteiger partial charge in [0.1, 0.15) is 0 Å². The second-order valence-corrected chi connectivity index (χ2v) is 8.82. The molecule has 0 radical (unpaired) electrons. The van der Waals surface area contributed by atoms with Crippen molar-refractivity contribution in [1.82, 2.24) is 0 Å². The van der Waals surface area contributed by atoms with Gasteiger partial charge in [-0.05, 0) is 42.5 Å². The summed E-state index contributed by atoms with van der Waals surface area (Å²) in [5.74, 6) is -1.87. The quantitative estimate of drug-likeness (QED) is 0.686. The highest BCUT2D eigenvalue weighted by molar-refractivity contribution is 7.90. The Morgan fingerprint density at radius 2 is 1.54 bits per heavy atom. The second-order valence-electron chi connectivity index (χ2n) is 5.54. The molecule has 2 rings (SSSR count). The van der Waals surface area contributed by atoms with Crippen LogP contribution in [0, 0.1) is 0 Å². The van der Waals surface area contributed by atoms with Crippen molar-refractivity contribution in [1.29, 1.82) is 0 Å². The predicted molar refractivity (Wildman–Crippen MR) is 91.6 cm³/mol. The van der Waals surface area contributed by atoms with Gasteiger partial charge in [0.2, 0.25) is 0 Å². The summed E-state index contributed by atoms with van der Waals surface area (Å²) in [6.07, 6.45) is -4.00. The molecular weight excluding hydrogens is 427 g/mol. The molecule has 0 heterocycles. The first kappa shape index (κ1) is 21.7. The van der Waals surface area contributed by atoms with Gasteiger partial charge in [-0.1, -0.05) is 0 Å². The summed E-state index contributed by atoms with van der Waals surface area (Å²) in [4.78, 5) is 11.2. The molecule has 0 aliphatic rings. The van der Waals surface area contributed by atoms with E-state index in [4.69, 9.17) is 0 Å². The second kappa shape index (κ2) is 7.07. The zero-order valence-corrected chi connectivity index (χ0v) is 15.5. The highest BCUT2D eigenvalue weighted by atomic mass is 32.2. The van der Waals surface area contributed by atoms with Crippen molar-refractivity contribution in [3.63, 3.8) is 0 Å². The molecule has 2 N–H and O–H groups in total. The predicted octanol–water partition coefficient (Wildman–Crippen LogP) is 2.75. The summed E-state index contributed by atoms with van der Waals surface area (Å²) in [7, 11) is -8.82. The van der Waals surface area contributed by atoms with Gasteiger partial charge in [0.05, 0.1) is 27.4 Å². The summed E-state index contributed by atoms with van der Waals surface area (Å²) in [5, 5.41) is 9.22. The number of anilines is 2. The van der Waals surface area contributed by atoms with E-state index in [1.54, 1.807) is 0 Å². The van der Waals surface area contributed by atoms with Crippen molar-refractivity contribution in [2.75, 3.05) is 10.6 Å². The molecule has 2 aromatic carbocycles. The minimum Gasteiger partial charge on any atom is -0.478 e. The molecule has 0 aliphatic heterocycles. The van der Waals surface area contributed by atoms with Crippen molar-refractivity contribution in [2.45, 2.75) is 11.1 Å². The van der Waals surface area contributed by atoms with Gasteiger partial charge < -0.3 is 5.11 Å². The van der Waals surface area contributed by atoms with Gasteiger partial charge in [0, 0.05) is 6.26 Å². The Morgan fingerprint density at radius 1 is 1.00 bits per heavy atom. The van der Waals surface area contributed by atoms with Crippen LogP contribution < -0.4 is 4.31 Å². The number of rotatable bonds is 5. The van der Waals surface area contributed by atoms with Crippen LogP contribution in [0.1, 0.15) is 15.9 Å². The number of benzene rings is 2. The average Bonchev–Trinajstić information content (AvgIpc) is 2.52. The smallest absolute Gasteiger partial charge is 0.416 e. The first-order valence-corrected chi connectivity index (χ1v) is 10.4. The van der Waals surface area contributed by atoms with Crippen LogP contribution in [0.25, 0.3) is 0 Å². The lowest BCUT2D eigenvalue weighted by molar-refractivity contribution is -0.137. The first-order chi connectivity index (χ1) is 12.6. The number of halogens is 3. The number of nitrogens with zero attached hydrogens (tertiary/aromatic N) is 1.